The fourth-order valence-electron chi connectivity index (χ4n) is 4.79. The summed E-state index contributed by atoms with van der Waals surface area (Å²) >= 11 is 0. The Bertz CT molecular complexity index is 841. The van der Waals surface area contributed by atoms with Crippen molar-refractivity contribution in [2.24, 2.45) is 0 Å². The van der Waals surface area contributed by atoms with E-state index in [0.29, 0.717) is 24.6 Å². The number of imide groups is 1. The number of fused-ring (bicyclic) bond motifs is 2. The van der Waals surface area contributed by atoms with Crippen molar-refractivity contribution in [3.63, 3.8) is 0 Å². The van der Waals surface area contributed by atoms with Gasteiger partial charge in [0.1, 0.15) is 6.04 Å². The normalized spacial score (nSPS) is 30.4. The molecule has 4 aliphatic rings. The molecule has 0 spiro atoms. The minimum Gasteiger partial charge on any atom is -0.374 e. The SMILES string of the molecule is O=C1CCC(N2Cc3ccc(CN4CCO[C@@H]5CNC[C@@H]54)cc3C2=O)C(=O)N1. The monoisotopic (exact) mass is 384 g/mol. The van der Waals surface area contributed by atoms with Crippen molar-refractivity contribution in [3.8, 4) is 0 Å². The molecule has 2 N–H and O–H groups in total. The number of amides is 3. The molecule has 148 valence electrons. The van der Waals surface area contributed by atoms with Gasteiger partial charge in [0.05, 0.1) is 12.7 Å². The van der Waals surface area contributed by atoms with Crippen molar-refractivity contribution < 1.29 is 19.1 Å². The molecule has 8 nitrogen and oxygen atoms in total. The van der Waals surface area contributed by atoms with Crippen molar-refractivity contribution in [3.05, 3.63) is 34.9 Å². The second kappa shape index (κ2) is 6.95. The quantitative estimate of drug-likeness (QED) is 0.691. The van der Waals surface area contributed by atoms with E-state index in [-0.39, 0.29) is 30.2 Å². The van der Waals surface area contributed by atoms with E-state index in [1.54, 1.807) is 4.90 Å². The largest absolute Gasteiger partial charge is 0.374 e. The van der Waals surface area contributed by atoms with Gasteiger partial charge in [-0.2, -0.15) is 0 Å². The van der Waals surface area contributed by atoms with Gasteiger partial charge in [0, 0.05) is 50.7 Å². The molecule has 4 heterocycles. The summed E-state index contributed by atoms with van der Waals surface area (Å²) in [6.07, 6.45) is 0.907. The molecular weight excluding hydrogens is 360 g/mol. The zero-order valence-electron chi connectivity index (χ0n) is 15.6. The lowest BCUT2D eigenvalue weighted by molar-refractivity contribution is -0.136. The molecule has 0 bridgehead atoms. The van der Waals surface area contributed by atoms with E-state index in [9.17, 15) is 14.4 Å². The number of carbonyl (C=O) groups is 3. The number of nitrogens with one attached hydrogen (secondary N) is 2. The van der Waals surface area contributed by atoms with Crippen LogP contribution in [0.1, 0.15) is 34.3 Å². The second-order valence-corrected chi connectivity index (χ2v) is 8.00. The van der Waals surface area contributed by atoms with Crippen LogP contribution in [0.5, 0.6) is 0 Å². The van der Waals surface area contributed by atoms with Gasteiger partial charge in [0.25, 0.3) is 5.91 Å². The van der Waals surface area contributed by atoms with Gasteiger partial charge in [-0.25, -0.2) is 0 Å². The van der Waals surface area contributed by atoms with Gasteiger partial charge in [0.2, 0.25) is 11.8 Å². The summed E-state index contributed by atoms with van der Waals surface area (Å²) in [4.78, 5) is 40.6. The van der Waals surface area contributed by atoms with Gasteiger partial charge in [-0.1, -0.05) is 12.1 Å². The van der Waals surface area contributed by atoms with Crippen LogP contribution in [0.15, 0.2) is 18.2 Å². The predicted octanol–water partition coefficient (Wildman–Crippen LogP) is -0.380. The topological polar surface area (TPSA) is 91.0 Å². The van der Waals surface area contributed by atoms with Gasteiger partial charge in [-0.15, -0.1) is 0 Å². The van der Waals surface area contributed by atoms with Crippen LogP contribution in [0.4, 0.5) is 0 Å². The van der Waals surface area contributed by atoms with E-state index in [4.69, 9.17) is 4.74 Å². The molecular formula is C20H24N4O4. The third-order valence-electron chi connectivity index (χ3n) is 6.29. The second-order valence-electron chi connectivity index (χ2n) is 8.00. The van der Waals surface area contributed by atoms with Gasteiger partial charge >= 0.3 is 0 Å². The molecule has 4 aliphatic heterocycles. The first-order valence-corrected chi connectivity index (χ1v) is 9.93. The van der Waals surface area contributed by atoms with Crippen LogP contribution in [-0.4, -0.2) is 72.0 Å². The molecule has 8 heteroatoms. The molecule has 1 unspecified atom stereocenters. The Balaban J connectivity index is 1.32. The van der Waals surface area contributed by atoms with Crippen LogP contribution in [0.25, 0.3) is 0 Å². The van der Waals surface area contributed by atoms with Crippen LogP contribution in [0.2, 0.25) is 0 Å². The first kappa shape index (κ1) is 17.8. The van der Waals surface area contributed by atoms with Crippen molar-refractivity contribution >= 4 is 17.7 Å². The first-order valence-electron chi connectivity index (χ1n) is 9.93. The van der Waals surface area contributed by atoms with E-state index in [2.05, 4.69) is 21.6 Å². The number of nitrogens with zero attached hydrogens (tertiary/aromatic N) is 2. The van der Waals surface area contributed by atoms with Gasteiger partial charge < -0.3 is 15.0 Å². The fraction of sp³-hybridized carbons (Fsp3) is 0.550. The Hall–Kier alpha value is -2.29. The van der Waals surface area contributed by atoms with E-state index >= 15 is 0 Å². The molecule has 3 saturated heterocycles. The predicted molar refractivity (Wildman–Crippen MR) is 99.3 cm³/mol. The molecule has 5 rings (SSSR count). The molecule has 3 atom stereocenters. The van der Waals surface area contributed by atoms with Crippen molar-refractivity contribution in [2.75, 3.05) is 26.2 Å². The third-order valence-corrected chi connectivity index (χ3v) is 6.29. The number of piperidine rings is 1. The molecule has 3 amide bonds. The van der Waals surface area contributed by atoms with Crippen molar-refractivity contribution in [2.45, 2.75) is 44.1 Å². The smallest absolute Gasteiger partial charge is 0.255 e. The number of morpholine rings is 1. The van der Waals surface area contributed by atoms with Crippen LogP contribution in [0.3, 0.4) is 0 Å². The highest BCUT2D eigenvalue weighted by Crippen LogP contribution is 2.29. The van der Waals surface area contributed by atoms with Crippen LogP contribution >= 0.6 is 0 Å². The number of ether oxygens (including phenoxy) is 1. The molecule has 0 aromatic heterocycles. The first-order chi connectivity index (χ1) is 13.6. The molecule has 0 saturated carbocycles. The molecule has 1 aromatic carbocycles. The fourth-order valence-corrected chi connectivity index (χ4v) is 4.79. The van der Waals surface area contributed by atoms with E-state index < -0.39 is 6.04 Å². The van der Waals surface area contributed by atoms with E-state index in [1.165, 1.54) is 0 Å². The van der Waals surface area contributed by atoms with Gasteiger partial charge in [0.15, 0.2) is 0 Å². The maximum atomic E-state index is 13.0. The zero-order chi connectivity index (χ0) is 19.3. The molecule has 0 aliphatic carbocycles. The lowest BCUT2D eigenvalue weighted by atomic mass is 10.0. The van der Waals surface area contributed by atoms with Gasteiger partial charge in [-0.3, -0.25) is 24.6 Å². The number of hydrogen-bond acceptors (Lipinski definition) is 6. The standard InChI is InChI=1S/C20H24N4O4/c25-18-4-3-15(19(26)22-18)24-11-13-2-1-12(7-14(13)20(24)27)10-23-5-6-28-17-9-21-8-16(17)23/h1-2,7,15-17,21H,3-6,8-11H2,(H,22,25,26)/t15?,16-,17+/m0/s1. The highest BCUT2D eigenvalue weighted by atomic mass is 16.5. The Labute approximate surface area is 163 Å². The summed E-state index contributed by atoms with van der Waals surface area (Å²) < 4.78 is 5.83. The number of hydrogen-bond donors (Lipinski definition) is 2. The lowest BCUT2D eigenvalue weighted by Gasteiger charge is -2.37. The lowest BCUT2D eigenvalue weighted by Crippen LogP contribution is -2.52. The van der Waals surface area contributed by atoms with Crippen LogP contribution in [-0.2, 0) is 27.4 Å². The maximum Gasteiger partial charge on any atom is 0.255 e. The summed E-state index contributed by atoms with van der Waals surface area (Å²) in [5.41, 5.74) is 2.72. The Morgan fingerprint density at radius 3 is 2.93 bits per heavy atom. The summed E-state index contributed by atoms with van der Waals surface area (Å²) in [6, 6.07) is 5.85. The summed E-state index contributed by atoms with van der Waals surface area (Å²) in [6.45, 7) is 4.65. The number of benzene rings is 1. The Morgan fingerprint density at radius 2 is 2.07 bits per heavy atom. The van der Waals surface area contributed by atoms with E-state index in [1.807, 2.05) is 12.1 Å². The highest BCUT2D eigenvalue weighted by molar-refractivity contribution is 6.05. The van der Waals surface area contributed by atoms with Crippen molar-refractivity contribution in [1.82, 2.24) is 20.4 Å². The van der Waals surface area contributed by atoms with Gasteiger partial charge in [-0.05, 0) is 23.6 Å². The molecule has 0 radical (unpaired) electrons. The third kappa shape index (κ3) is 3.01. The molecule has 28 heavy (non-hydrogen) atoms. The summed E-state index contributed by atoms with van der Waals surface area (Å²) in [5.74, 6) is -0.752. The van der Waals surface area contributed by atoms with E-state index in [0.717, 1.165) is 43.9 Å². The maximum absolute atomic E-state index is 13.0. The average Bonchev–Trinajstić information content (AvgIpc) is 3.28. The Morgan fingerprint density at radius 1 is 1.18 bits per heavy atom. The number of rotatable bonds is 3. The minimum atomic E-state index is -0.564. The number of carbonyl (C=O) groups excluding carboxylic acids is 3. The highest BCUT2D eigenvalue weighted by Gasteiger charge is 2.40. The van der Waals surface area contributed by atoms with Crippen LogP contribution < -0.4 is 10.6 Å². The molecule has 3 fully saturated rings. The average molecular weight is 384 g/mol. The Kier molecular flexibility index (Phi) is 4.41. The zero-order valence-corrected chi connectivity index (χ0v) is 15.6. The molecule has 1 aromatic rings. The van der Waals surface area contributed by atoms with Crippen molar-refractivity contribution in [1.29, 1.82) is 0 Å². The summed E-state index contributed by atoms with van der Waals surface area (Å²) in [5, 5.41) is 5.73. The summed E-state index contributed by atoms with van der Waals surface area (Å²) in [7, 11) is 0. The minimum absolute atomic E-state index is 0.117. The van der Waals surface area contributed by atoms with Crippen LogP contribution in [0, 0.1) is 0 Å².